The predicted octanol–water partition coefficient (Wildman–Crippen LogP) is 1.32. The van der Waals surface area contributed by atoms with Gasteiger partial charge in [-0.15, -0.1) is 0 Å². The van der Waals surface area contributed by atoms with E-state index in [1.54, 1.807) is 6.92 Å². The zero-order chi connectivity index (χ0) is 14.3. The Hall–Kier alpha value is -2.32. The number of hydrogen-bond acceptors (Lipinski definition) is 5. The van der Waals surface area contributed by atoms with E-state index >= 15 is 0 Å². The van der Waals surface area contributed by atoms with Gasteiger partial charge in [0.25, 0.3) is 11.8 Å². The number of carbonyl (C=O) groups is 1. The van der Waals surface area contributed by atoms with Crippen LogP contribution >= 0.6 is 0 Å². The van der Waals surface area contributed by atoms with E-state index in [2.05, 4.69) is 20.1 Å². The van der Waals surface area contributed by atoms with Gasteiger partial charge in [0.05, 0.1) is 19.1 Å². The highest BCUT2D eigenvalue weighted by molar-refractivity contribution is 5.92. The Morgan fingerprint density at radius 2 is 2.40 bits per heavy atom. The van der Waals surface area contributed by atoms with Crippen LogP contribution in [0.5, 0.6) is 0 Å². The number of nitrogens with zero attached hydrogens (tertiary/aromatic N) is 4. The first-order chi connectivity index (χ1) is 9.46. The fraction of sp³-hybridized carbons (Fsp3) is 0.455. The van der Waals surface area contributed by atoms with Crippen molar-refractivity contribution in [1.29, 1.82) is 0 Å². The predicted molar refractivity (Wildman–Crippen MR) is 61.0 cm³/mol. The molecular weight excluding hydrogens is 272 g/mol. The quantitative estimate of drug-likeness (QED) is 0.898. The van der Waals surface area contributed by atoms with Crippen molar-refractivity contribution in [3.63, 3.8) is 0 Å². The van der Waals surface area contributed by atoms with Crippen LogP contribution in [0.1, 0.15) is 34.7 Å². The minimum atomic E-state index is -2.98. The Balaban J connectivity index is 1.93. The molecule has 0 bridgehead atoms. The molecule has 0 unspecified atom stereocenters. The van der Waals surface area contributed by atoms with Crippen LogP contribution in [0, 0.1) is 6.92 Å². The van der Waals surface area contributed by atoms with Crippen molar-refractivity contribution in [3.8, 4) is 0 Å². The molecule has 1 aliphatic heterocycles. The zero-order valence-corrected chi connectivity index (χ0v) is 10.5. The first-order valence-electron chi connectivity index (χ1n) is 5.94. The van der Waals surface area contributed by atoms with E-state index in [-0.39, 0.29) is 11.6 Å². The number of likely N-dealkylation sites (tertiary alicyclic amines) is 1. The van der Waals surface area contributed by atoms with Gasteiger partial charge in [0.15, 0.2) is 5.82 Å². The molecule has 1 fully saturated rings. The molecule has 3 rings (SSSR count). The second kappa shape index (κ2) is 4.36. The van der Waals surface area contributed by atoms with Gasteiger partial charge in [0, 0.05) is 6.42 Å². The molecule has 0 aliphatic carbocycles. The van der Waals surface area contributed by atoms with Crippen LogP contribution < -0.4 is 0 Å². The van der Waals surface area contributed by atoms with Gasteiger partial charge < -0.3 is 14.4 Å². The SMILES string of the molecule is Cc1noc([C@@H]2CC(F)(F)CN2C(=O)c2cnc[nH]2)n1. The van der Waals surface area contributed by atoms with E-state index in [9.17, 15) is 13.6 Å². The molecular formula is C11H11F2N5O2. The standard InChI is InChI=1S/C11H11F2N5O2/c1-6-16-9(20-17-6)8-2-11(12,13)4-18(8)10(19)7-3-14-5-15-7/h3,5,8H,2,4H2,1H3,(H,14,15)/t8-/m0/s1. The number of H-pyrrole nitrogens is 1. The summed E-state index contributed by atoms with van der Waals surface area (Å²) in [5.74, 6) is -3.19. The number of alkyl halides is 2. The molecule has 2 aromatic heterocycles. The first kappa shape index (κ1) is 12.7. The summed E-state index contributed by atoms with van der Waals surface area (Å²) in [6.45, 7) is 0.901. The minimum Gasteiger partial charge on any atom is -0.341 e. The molecule has 1 amide bonds. The fourth-order valence-electron chi connectivity index (χ4n) is 2.23. The lowest BCUT2D eigenvalue weighted by Gasteiger charge is -2.20. The molecule has 106 valence electrons. The summed E-state index contributed by atoms with van der Waals surface area (Å²) in [5, 5.41) is 3.58. The molecule has 7 nitrogen and oxygen atoms in total. The molecule has 0 radical (unpaired) electrons. The maximum atomic E-state index is 13.6. The minimum absolute atomic E-state index is 0.0209. The number of nitrogens with one attached hydrogen (secondary N) is 1. The topological polar surface area (TPSA) is 87.9 Å². The maximum Gasteiger partial charge on any atom is 0.272 e. The van der Waals surface area contributed by atoms with Crippen molar-refractivity contribution < 1.29 is 18.1 Å². The van der Waals surface area contributed by atoms with E-state index in [0.717, 1.165) is 4.90 Å². The Morgan fingerprint density at radius 1 is 1.60 bits per heavy atom. The number of amides is 1. The van der Waals surface area contributed by atoms with Crippen LogP contribution in [0.4, 0.5) is 8.78 Å². The number of aromatic nitrogens is 4. The van der Waals surface area contributed by atoms with Gasteiger partial charge in [-0.2, -0.15) is 4.98 Å². The molecule has 20 heavy (non-hydrogen) atoms. The maximum absolute atomic E-state index is 13.6. The smallest absolute Gasteiger partial charge is 0.272 e. The number of aromatic amines is 1. The second-order valence-corrected chi connectivity index (χ2v) is 4.65. The Bertz CT molecular complexity index is 625. The average molecular weight is 283 g/mol. The van der Waals surface area contributed by atoms with Crippen molar-refractivity contribution >= 4 is 5.91 Å². The van der Waals surface area contributed by atoms with Gasteiger partial charge in [0.1, 0.15) is 11.7 Å². The van der Waals surface area contributed by atoms with Gasteiger partial charge in [-0.25, -0.2) is 13.8 Å². The molecule has 0 spiro atoms. The summed E-state index contributed by atoms with van der Waals surface area (Å²) in [6.07, 6.45) is 2.07. The molecule has 3 heterocycles. The molecule has 0 aromatic carbocycles. The summed E-state index contributed by atoms with van der Waals surface area (Å²) in [6, 6.07) is -0.929. The lowest BCUT2D eigenvalue weighted by Crippen LogP contribution is -2.33. The van der Waals surface area contributed by atoms with Crippen LogP contribution in [0.25, 0.3) is 0 Å². The second-order valence-electron chi connectivity index (χ2n) is 4.65. The highest BCUT2D eigenvalue weighted by Crippen LogP contribution is 2.40. The van der Waals surface area contributed by atoms with Gasteiger partial charge in [-0.3, -0.25) is 4.79 Å². The van der Waals surface area contributed by atoms with Crippen molar-refractivity contribution in [2.45, 2.75) is 25.3 Å². The molecule has 1 saturated heterocycles. The zero-order valence-electron chi connectivity index (χ0n) is 10.5. The lowest BCUT2D eigenvalue weighted by molar-refractivity contribution is 0.0116. The van der Waals surface area contributed by atoms with Crippen molar-refractivity contribution in [2.24, 2.45) is 0 Å². The van der Waals surface area contributed by atoms with Gasteiger partial charge in [-0.1, -0.05) is 5.16 Å². The molecule has 1 aliphatic rings. The average Bonchev–Trinajstić information content (AvgIpc) is 3.07. The third kappa shape index (κ3) is 2.15. The van der Waals surface area contributed by atoms with Crippen LogP contribution in [-0.4, -0.2) is 43.4 Å². The molecule has 1 atom stereocenters. The van der Waals surface area contributed by atoms with Crippen molar-refractivity contribution in [3.05, 3.63) is 29.9 Å². The largest absolute Gasteiger partial charge is 0.341 e. The number of halogens is 2. The number of hydrogen-bond donors (Lipinski definition) is 1. The van der Waals surface area contributed by atoms with E-state index in [1.807, 2.05) is 0 Å². The lowest BCUT2D eigenvalue weighted by atomic mass is 10.2. The summed E-state index contributed by atoms with van der Waals surface area (Å²) in [5.41, 5.74) is 0.143. The third-order valence-corrected chi connectivity index (χ3v) is 3.09. The number of carbonyl (C=O) groups excluding carboxylic acids is 1. The number of rotatable bonds is 2. The van der Waals surface area contributed by atoms with Gasteiger partial charge in [0.2, 0.25) is 5.89 Å². The van der Waals surface area contributed by atoms with E-state index in [0.29, 0.717) is 5.82 Å². The van der Waals surface area contributed by atoms with Crippen molar-refractivity contribution in [2.75, 3.05) is 6.54 Å². The summed E-state index contributed by atoms with van der Waals surface area (Å²) in [7, 11) is 0. The van der Waals surface area contributed by atoms with E-state index in [1.165, 1.54) is 12.5 Å². The first-order valence-corrected chi connectivity index (χ1v) is 5.94. The Labute approximate surface area is 112 Å². The van der Waals surface area contributed by atoms with Crippen LogP contribution in [0.15, 0.2) is 17.0 Å². The highest BCUT2D eigenvalue weighted by Gasteiger charge is 2.50. The molecule has 1 N–H and O–H groups in total. The molecule has 9 heteroatoms. The number of imidazole rings is 1. The van der Waals surface area contributed by atoms with Gasteiger partial charge >= 0.3 is 0 Å². The van der Waals surface area contributed by atoms with Crippen molar-refractivity contribution in [1.82, 2.24) is 25.0 Å². The van der Waals surface area contributed by atoms with E-state index < -0.39 is 30.8 Å². The summed E-state index contributed by atoms with van der Waals surface area (Å²) in [4.78, 5) is 23.5. The van der Waals surface area contributed by atoms with E-state index in [4.69, 9.17) is 4.52 Å². The van der Waals surface area contributed by atoms with Gasteiger partial charge in [-0.05, 0) is 6.92 Å². The normalized spacial score (nSPS) is 21.4. The summed E-state index contributed by atoms with van der Waals surface area (Å²) < 4.78 is 32.2. The van der Waals surface area contributed by atoms with Crippen LogP contribution in [-0.2, 0) is 0 Å². The summed E-state index contributed by atoms with van der Waals surface area (Å²) >= 11 is 0. The third-order valence-electron chi connectivity index (χ3n) is 3.09. The highest BCUT2D eigenvalue weighted by atomic mass is 19.3. The Kier molecular flexibility index (Phi) is 2.77. The number of aryl methyl sites for hydroxylation is 1. The molecule has 0 saturated carbocycles. The Morgan fingerprint density at radius 3 is 3.00 bits per heavy atom. The van der Waals surface area contributed by atoms with Crippen LogP contribution in [0.2, 0.25) is 0 Å². The molecule has 2 aromatic rings. The fourth-order valence-corrected chi connectivity index (χ4v) is 2.23. The van der Waals surface area contributed by atoms with Crippen LogP contribution in [0.3, 0.4) is 0 Å². The monoisotopic (exact) mass is 283 g/mol.